The average Bonchev–Trinajstić information content (AvgIpc) is 2.28. The van der Waals surface area contributed by atoms with Crippen molar-refractivity contribution in [3.63, 3.8) is 0 Å². The van der Waals surface area contributed by atoms with Gasteiger partial charge >= 0.3 is 5.97 Å². The maximum absolute atomic E-state index is 11.5. The molecule has 0 bridgehead atoms. The van der Waals surface area contributed by atoms with Gasteiger partial charge < -0.3 is 10.4 Å². The predicted octanol–water partition coefficient (Wildman–Crippen LogP) is 3.17. The molecule has 4 nitrogen and oxygen atoms in total. The second-order valence-corrected chi connectivity index (χ2v) is 4.08. The van der Waals surface area contributed by atoms with Crippen molar-refractivity contribution < 1.29 is 14.7 Å². The average molecular weight is 256 g/mol. The van der Waals surface area contributed by atoms with Crippen LogP contribution in [-0.4, -0.2) is 17.0 Å². The van der Waals surface area contributed by atoms with E-state index in [1.54, 1.807) is 6.07 Å². The Morgan fingerprint density at radius 2 is 2.12 bits per heavy atom. The lowest BCUT2D eigenvalue weighted by molar-refractivity contribution is -0.116. The largest absolute Gasteiger partial charge is 0.478 e. The first-order chi connectivity index (χ1) is 8.04. The van der Waals surface area contributed by atoms with Crippen molar-refractivity contribution in [3.05, 3.63) is 28.8 Å². The third-order valence-corrected chi connectivity index (χ3v) is 2.48. The summed E-state index contributed by atoms with van der Waals surface area (Å²) in [5, 5.41) is 11.9. The third kappa shape index (κ3) is 4.07. The van der Waals surface area contributed by atoms with Crippen LogP contribution in [0.4, 0.5) is 5.69 Å². The van der Waals surface area contributed by atoms with E-state index >= 15 is 0 Å². The summed E-state index contributed by atoms with van der Waals surface area (Å²) < 4.78 is 0. The predicted molar refractivity (Wildman–Crippen MR) is 66.6 cm³/mol. The minimum atomic E-state index is -1.11. The number of hydrogen-bond acceptors (Lipinski definition) is 2. The maximum atomic E-state index is 11.5. The zero-order valence-electron chi connectivity index (χ0n) is 9.50. The monoisotopic (exact) mass is 255 g/mol. The number of carbonyl (C=O) groups is 2. The van der Waals surface area contributed by atoms with Gasteiger partial charge in [0.1, 0.15) is 0 Å². The Hall–Kier alpha value is -1.55. The molecule has 1 amide bonds. The summed E-state index contributed by atoms with van der Waals surface area (Å²) in [6, 6.07) is 4.36. The summed E-state index contributed by atoms with van der Waals surface area (Å²) >= 11 is 5.71. The first-order valence-electron chi connectivity index (χ1n) is 5.37. The summed E-state index contributed by atoms with van der Waals surface area (Å²) in [7, 11) is 0. The SMILES string of the molecule is CCCCC(=O)Nc1ccc(Cl)cc1C(=O)O. The highest BCUT2D eigenvalue weighted by Crippen LogP contribution is 2.21. The number of halogens is 1. The Morgan fingerprint density at radius 3 is 2.71 bits per heavy atom. The van der Waals surface area contributed by atoms with E-state index in [4.69, 9.17) is 16.7 Å². The number of amides is 1. The Kier molecular flexibility index (Phi) is 4.97. The van der Waals surface area contributed by atoms with Gasteiger partial charge in [-0.1, -0.05) is 24.9 Å². The normalized spacial score (nSPS) is 10.0. The molecule has 2 N–H and O–H groups in total. The van der Waals surface area contributed by atoms with Crippen LogP contribution in [0, 0.1) is 0 Å². The van der Waals surface area contributed by atoms with Crippen molar-refractivity contribution in [2.45, 2.75) is 26.2 Å². The van der Waals surface area contributed by atoms with Crippen molar-refractivity contribution in [2.75, 3.05) is 5.32 Å². The number of unbranched alkanes of at least 4 members (excludes halogenated alkanes) is 1. The van der Waals surface area contributed by atoms with Crippen molar-refractivity contribution in [1.82, 2.24) is 0 Å². The molecule has 0 unspecified atom stereocenters. The van der Waals surface area contributed by atoms with Crippen LogP contribution in [0.3, 0.4) is 0 Å². The Balaban J connectivity index is 2.83. The summed E-state index contributed by atoms with van der Waals surface area (Å²) in [6.45, 7) is 1.98. The fraction of sp³-hybridized carbons (Fsp3) is 0.333. The van der Waals surface area contributed by atoms with E-state index < -0.39 is 5.97 Å². The Bertz CT molecular complexity index is 432. The van der Waals surface area contributed by atoms with E-state index in [2.05, 4.69) is 5.32 Å². The highest BCUT2D eigenvalue weighted by molar-refractivity contribution is 6.31. The number of anilines is 1. The summed E-state index contributed by atoms with van der Waals surface area (Å²) in [5.74, 6) is -1.30. The molecule has 0 aliphatic rings. The van der Waals surface area contributed by atoms with E-state index in [1.165, 1.54) is 12.1 Å². The second-order valence-electron chi connectivity index (χ2n) is 3.65. The van der Waals surface area contributed by atoms with Gasteiger partial charge in [-0.3, -0.25) is 4.79 Å². The van der Waals surface area contributed by atoms with E-state index in [0.717, 1.165) is 12.8 Å². The number of hydrogen-bond donors (Lipinski definition) is 2. The molecule has 0 radical (unpaired) electrons. The van der Waals surface area contributed by atoms with Crippen LogP contribution < -0.4 is 5.32 Å². The molecule has 0 atom stereocenters. The van der Waals surface area contributed by atoms with Crippen LogP contribution in [0.15, 0.2) is 18.2 Å². The van der Waals surface area contributed by atoms with Crippen molar-refractivity contribution in [1.29, 1.82) is 0 Å². The first-order valence-corrected chi connectivity index (χ1v) is 5.75. The van der Waals surface area contributed by atoms with Gasteiger partial charge in [-0.15, -0.1) is 0 Å². The molecule has 0 aliphatic heterocycles. The second kappa shape index (κ2) is 6.25. The Labute approximate surface area is 105 Å². The lowest BCUT2D eigenvalue weighted by Crippen LogP contribution is -2.14. The fourth-order valence-electron chi connectivity index (χ4n) is 1.35. The molecule has 1 rings (SSSR count). The molecule has 5 heteroatoms. The van der Waals surface area contributed by atoms with Gasteiger partial charge in [-0.05, 0) is 24.6 Å². The summed E-state index contributed by atoms with van der Waals surface area (Å²) in [5.41, 5.74) is 0.283. The number of nitrogens with one attached hydrogen (secondary N) is 1. The van der Waals surface area contributed by atoms with Crippen LogP contribution in [0.5, 0.6) is 0 Å². The molecular weight excluding hydrogens is 242 g/mol. The number of carbonyl (C=O) groups excluding carboxylic acids is 1. The molecule has 0 fully saturated rings. The lowest BCUT2D eigenvalue weighted by atomic mass is 10.1. The lowest BCUT2D eigenvalue weighted by Gasteiger charge is -2.08. The summed E-state index contributed by atoms with van der Waals surface area (Å²) in [4.78, 5) is 22.5. The highest BCUT2D eigenvalue weighted by atomic mass is 35.5. The number of carboxylic acid groups (broad SMARTS) is 1. The topological polar surface area (TPSA) is 66.4 Å². The molecule has 1 aromatic carbocycles. The molecule has 0 spiro atoms. The number of carboxylic acids is 1. The quantitative estimate of drug-likeness (QED) is 0.849. The van der Waals surface area contributed by atoms with Gasteiger partial charge in [-0.2, -0.15) is 0 Å². The molecule has 0 aromatic heterocycles. The van der Waals surface area contributed by atoms with Crippen molar-refractivity contribution in [2.24, 2.45) is 0 Å². The molecule has 92 valence electrons. The smallest absolute Gasteiger partial charge is 0.337 e. The maximum Gasteiger partial charge on any atom is 0.337 e. The van der Waals surface area contributed by atoms with Gasteiger partial charge in [0.2, 0.25) is 5.91 Å². The fourth-order valence-corrected chi connectivity index (χ4v) is 1.52. The van der Waals surface area contributed by atoms with Crippen LogP contribution in [0.1, 0.15) is 36.5 Å². The van der Waals surface area contributed by atoms with Crippen molar-refractivity contribution in [3.8, 4) is 0 Å². The molecule has 0 saturated carbocycles. The molecule has 17 heavy (non-hydrogen) atoms. The van der Waals surface area contributed by atoms with Crippen LogP contribution in [0.25, 0.3) is 0 Å². The van der Waals surface area contributed by atoms with E-state index in [-0.39, 0.29) is 17.2 Å². The van der Waals surface area contributed by atoms with E-state index in [1.807, 2.05) is 6.92 Å². The van der Waals surface area contributed by atoms with Crippen LogP contribution in [-0.2, 0) is 4.79 Å². The zero-order chi connectivity index (χ0) is 12.8. The van der Waals surface area contributed by atoms with Crippen molar-refractivity contribution >= 4 is 29.2 Å². The first kappa shape index (κ1) is 13.5. The van der Waals surface area contributed by atoms with Gasteiger partial charge in [0.25, 0.3) is 0 Å². The van der Waals surface area contributed by atoms with Gasteiger partial charge in [0.05, 0.1) is 11.3 Å². The molecular formula is C12H14ClNO3. The number of benzene rings is 1. The van der Waals surface area contributed by atoms with Crippen LogP contribution >= 0.6 is 11.6 Å². The van der Waals surface area contributed by atoms with E-state index in [9.17, 15) is 9.59 Å². The molecule has 0 heterocycles. The van der Waals surface area contributed by atoms with Crippen LogP contribution in [0.2, 0.25) is 5.02 Å². The Morgan fingerprint density at radius 1 is 1.41 bits per heavy atom. The minimum absolute atomic E-state index is 0.00217. The standard InChI is InChI=1S/C12H14ClNO3/c1-2-3-4-11(15)14-10-6-5-8(13)7-9(10)12(16)17/h5-7H,2-4H2,1H3,(H,14,15)(H,16,17). The number of rotatable bonds is 5. The van der Waals surface area contributed by atoms with E-state index in [0.29, 0.717) is 11.4 Å². The highest BCUT2D eigenvalue weighted by Gasteiger charge is 2.12. The molecule has 0 aliphatic carbocycles. The van der Waals surface area contributed by atoms with Gasteiger partial charge in [0.15, 0.2) is 0 Å². The zero-order valence-corrected chi connectivity index (χ0v) is 10.3. The summed E-state index contributed by atoms with van der Waals surface area (Å²) in [6.07, 6.45) is 2.08. The molecule has 1 aromatic rings. The third-order valence-electron chi connectivity index (χ3n) is 2.24. The molecule has 0 saturated heterocycles. The van der Waals surface area contributed by atoms with Gasteiger partial charge in [0, 0.05) is 11.4 Å². The van der Waals surface area contributed by atoms with Gasteiger partial charge in [-0.25, -0.2) is 4.79 Å². The number of aromatic carboxylic acids is 1. The minimum Gasteiger partial charge on any atom is -0.478 e.